The summed E-state index contributed by atoms with van der Waals surface area (Å²) in [7, 11) is 0. The van der Waals surface area contributed by atoms with Crippen molar-refractivity contribution in [1.29, 1.82) is 0 Å². The number of rotatable bonds is 4. The second kappa shape index (κ2) is 8.29. The van der Waals surface area contributed by atoms with Crippen molar-refractivity contribution in [2.24, 2.45) is 40.4 Å². The summed E-state index contributed by atoms with van der Waals surface area (Å²) in [6.45, 7) is 12.3. The van der Waals surface area contributed by atoms with Crippen molar-refractivity contribution in [2.75, 3.05) is 0 Å². The van der Waals surface area contributed by atoms with Gasteiger partial charge in [0.05, 0.1) is 12.2 Å². The van der Waals surface area contributed by atoms with Crippen molar-refractivity contribution in [2.45, 2.75) is 104 Å². The van der Waals surface area contributed by atoms with Gasteiger partial charge in [0.25, 0.3) is 0 Å². The zero-order valence-electron chi connectivity index (χ0n) is 22.3. The number of ether oxygens (including phenoxy) is 1. The van der Waals surface area contributed by atoms with Gasteiger partial charge in [-0.3, -0.25) is 0 Å². The number of cyclic esters (lactones) is 1. The summed E-state index contributed by atoms with van der Waals surface area (Å²) >= 11 is 0. The Hall–Kier alpha value is -1.43. The molecule has 0 aromatic carbocycles. The van der Waals surface area contributed by atoms with Gasteiger partial charge in [0.15, 0.2) is 6.10 Å². The zero-order chi connectivity index (χ0) is 25.5. The Labute approximate surface area is 210 Å². The highest BCUT2D eigenvalue weighted by Crippen LogP contribution is 2.66. The van der Waals surface area contributed by atoms with Crippen LogP contribution in [0.15, 0.2) is 34.9 Å². The average Bonchev–Trinajstić information content (AvgIpc) is 3.28. The number of aliphatic hydroxyl groups excluding tert-OH is 2. The molecule has 10 atom stereocenters. The van der Waals surface area contributed by atoms with Crippen molar-refractivity contribution in [3.05, 3.63) is 34.9 Å². The van der Waals surface area contributed by atoms with E-state index in [1.165, 1.54) is 11.1 Å². The molecular weight excluding hydrogens is 440 g/mol. The van der Waals surface area contributed by atoms with Crippen LogP contribution in [0.2, 0.25) is 0 Å². The second-order valence-corrected chi connectivity index (χ2v) is 13.2. The Morgan fingerprint density at radius 3 is 2.51 bits per heavy atom. The Balaban J connectivity index is 1.50. The number of carbonyl (C=O) groups excluding carboxylic acids is 1. The number of hydrogen-bond acceptors (Lipinski definition) is 5. The lowest BCUT2D eigenvalue weighted by atomic mass is 9.52. The molecule has 5 rings (SSSR count). The topological polar surface area (TPSA) is 87.0 Å². The lowest BCUT2D eigenvalue weighted by molar-refractivity contribution is -0.175. The molecule has 0 amide bonds. The van der Waals surface area contributed by atoms with Crippen molar-refractivity contribution in [3.8, 4) is 0 Å². The molecule has 1 heterocycles. The van der Waals surface area contributed by atoms with Crippen LogP contribution in [0, 0.1) is 40.4 Å². The van der Waals surface area contributed by atoms with E-state index in [4.69, 9.17) is 4.74 Å². The molecule has 3 N–H and O–H groups in total. The highest BCUT2D eigenvalue weighted by Gasteiger charge is 2.60. The highest BCUT2D eigenvalue weighted by atomic mass is 16.6. The van der Waals surface area contributed by atoms with Gasteiger partial charge in [0.2, 0.25) is 0 Å². The Morgan fingerprint density at radius 2 is 1.86 bits per heavy atom. The third-order valence-corrected chi connectivity index (χ3v) is 11.0. The largest absolute Gasteiger partial charge is 0.452 e. The van der Waals surface area contributed by atoms with Crippen LogP contribution >= 0.6 is 0 Å². The van der Waals surface area contributed by atoms with Crippen LogP contribution in [-0.4, -0.2) is 45.2 Å². The van der Waals surface area contributed by atoms with Gasteiger partial charge in [-0.25, -0.2) is 4.79 Å². The standard InChI is InChI=1S/C30H44O5/c1-16(2)30(34,18(4)31)25-15-22(27(33)35-25)26-17(3)13-24-21-8-7-19-14-20(32)9-11-28(19,5)23(21)10-12-29(24,26)6/h8,10,15-20,24-26,31-32,34H,7,9,11-14H2,1-6H3/t17-,18?,19?,20+,24?,25?,26?,28+,29+,30?/m1/s1. The normalized spacial score (nSPS) is 45.4. The van der Waals surface area contributed by atoms with Crippen LogP contribution in [0.25, 0.3) is 0 Å². The molecule has 5 nitrogen and oxygen atoms in total. The lowest BCUT2D eigenvalue weighted by Gasteiger charge is -2.53. The zero-order valence-corrected chi connectivity index (χ0v) is 22.3. The Morgan fingerprint density at radius 1 is 1.14 bits per heavy atom. The van der Waals surface area contributed by atoms with E-state index in [0.717, 1.165) is 38.5 Å². The van der Waals surface area contributed by atoms with Gasteiger partial charge in [0, 0.05) is 5.57 Å². The maximum Gasteiger partial charge on any atom is 0.334 e. The van der Waals surface area contributed by atoms with Crippen LogP contribution < -0.4 is 0 Å². The first kappa shape index (κ1) is 25.2. The van der Waals surface area contributed by atoms with Crippen LogP contribution in [0.3, 0.4) is 0 Å². The third-order valence-electron chi connectivity index (χ3n) is 11.0. The maximum absolute atomic E-state index is 13.2. The van der Waals surface area contributed by atoms with Crippen molar-refractivity contribution >= 4 is 5.97 Å². The van der Waals surface area contributed by atoms with E-state index in [0.29, 0.717) is 23.3 Å². The molecule has 194 valence electrons. The third kappa shape index (κ3) is 3.48. The van der Waals surface area contributed by atoms with Gasteiger partial charge < -0.3 is 20.1 Å². The molecule has 0 radical (unpaired) electrons. The molecular formula is C30H44O5. The first-order valence-electron chi connectivity index (χ1n) is 13.8. The van der Waals surface area contributed by atoms with Crippen LogP contribution in [-0.2, 0) is 9.53 Å². The van der Waals surface area contributed by atoms with E-state index in [-0.39, 0.29) is 34.7 Å². The monoisotopic (exact) mass is 484 g/mol. The smallest absolute Gasteiger partial charge is 0.334 e. The molecule has 0 bridgehead atoms. The summed E-state index contributed by atoms with van der Waals surface area (Å²) in [6, 6.07) is 0. The maximum atomic E-state index is 13.2. The fourth-order valence-corrected chi connectivity index (χ4v) is 8.81. The van der Waals surface area contributed by atoms with E-state index in [9.17, 15) is 20.1 Å². The molecule has 2 saturated carbocycles. The minimum atomic E-state index is -1.51. The highest BCUT2D eigenvalue weighted by molar-refractivity contribution is 5.92. The summed E-state index contributed by atoms with van der Waals surface area (Å²) in [4.78, 5) is 13.2. The van der Waals surface area contributed by atoms with E-state index in [2.05, 4.69) is 32.9 Å². The van der Waals surface area contributed by atoms with Gasteiger partial charge in [-0.1, -0.05) is 46.8 Å². The van der Waals surface area contributed by atoms with Gasteiger partial charge in [-0.15, -0.1) is 0 Å². The predicted molar refractivity (Wildman–Crippen MR) is 135 cm³/mol. The predicted octanol–water partition coefficient (Wildman–Crippen LogP) is 4.71. The average molecular weight is 485 g/mol. The molecule has 5 aliphatic rings. The number of carbonyl (C=O) groups is 1. The SMILES string of the molecule is CC(C)C(O)(C(C)O)C1C=C(C2[C@H](C)CC3C4=CCC5C[C@@H](O)CC[C@]5(C)C4=CC[C@@]32C)C(=O)O1. The fraction of sp³-hybridized carbons (Fsp3) is 0.767. The number of allylic oxidation sites excluding steroid dienone is 4. The van der Waals surface area contributed by atoms with Crippen LogP contribution in [0.5, 0.6) is 0 Å². The molecule has 6 unspecified atom stereocenters. The molecule has 0 aromatic rings. The summed E-state index contributed by atoms with van der Waals surface area (Å²) in [5, 5.41) is 32.0. The van der Waals surface area contributed by atoms with E-state index in [1.807, 2.05) is 19.9 Å². The molecule has 0 spiro atoms. The number of fused-ring (bicyclic) bond motifs is 5. The van der Waals surface area contributed by atoms with Crippen LogP contribution in [0.4, 0.5) is 0 Å². The summed E-state index contributed by atoms with van der Waals surface area (Å²) in [5.74, 6) is 0.648. The quantitative estimate of drug-likeness (QED) is 0.503. The number of hydrogen-bond donors (Lipinski definition) is 3. The van der Waals surface area contributed by atoms with Crippen molar-refractivity contribution in [3.63, 3.8) is 0 Å². The van der Waals surface area contributed by atoms with E-state index >= 15 is 0 Å². The van der Waals surface area contributed by atoms with Gasteiger partial charge >= 0.3 is 5.97 Å². The summed E-state index contributed by atoms with van der Waals surface area (Å²) in [6.07, 6.45) is 10.5. The molecule has 35 heavy (non-hydrogen) atoms. The number of esters is 1. The first-order chi connectivity index (χ1) is 16.3. The summed E-state index contributed by atoms with van der Waals surface area (Å²) < 4.78 is 5.76. The van der Waals surface area contributed by atoms with Gasteiger partial charge in [-0.05, 0) is 103 Å². The van der Waals surface area contributed by atoms with E-state index < -0.39 is 17.8 Å². The summed E-state index contributed by atoms with van der Waals surface area (Å²) in [5.41, 5.74) is 2.19. The molecule has 5 heteroatoms. The lowest BCUT2D eigenvalue weighted by Crippen LogP contribution is -2.54. The Bertz CT molecular complexity index is 981. The minimum absolute atomic E-state index is 0.0489. The van der Waals surface area contributed by atoms with Crippen molar-refractivity contribution < 1.29 is 24.9 Å². The van der Waals surface area contributed by atoms with E-state index in [1.54, 1.807) is 6.92 Å². The molecule has 0 aromatic heterocycles. The van der Waals surface area contributed by atoms with Gasteiger partial charge in [-0.2, -0.15) is 0 Å². The number of aliphatic hydroxyl groups is 3. The fourth-order valence-electron chi connectivity index (χ4n) is 8.81. The molecule has 2 fully saturated rings. The minimum Gasteiger partial charge on any atom is -0.452 e. The van der Waals surface area contributed by atoms with Crippen molar-refractivity contribution in [1.82, 2.24) is 0 Å². The molecule has 1 aliphatic heterocycles. The van der Waals surface area contributed by atoms with Crippen LogP contribution in [0.1, 0.15) is 80.1 Å². The molecule has 4 aliphatic carbocycles. The molecule has 0 saturated heterocycles. The second-order valence-electron chi connectivity index (χ2n) is 13.2. The first-order valence-corrected chi connectivity index (χ1v) is 13.8. The Kier molecular flexibility index (Phi) is 5.98. The van der Waals surface area contributed by atoms with Gasteiger partial charge in [0.1, 0.15) is 5.60 Å².